The van der Waals surface area contributed by atoms with Gasteiger partial charge in [0.25, 0.3) is 11.8 Å². The summed E-state index contributed by atoms with van der Waals surface area (Å²) in [7, 11) is 0. The van der Waals surface area contributed by atoms with Crippen LogP contribution in [0.4, 0.5) is 0 Å². The Bertz CT molecular complexity index is 803. The van der Waals surface area contributed by atoms with Crippen LogP contribution in [0.3, 0.4) is 0 Å². The standard InChI is InChI=1S/C16H11BrClN3O3/c17-11-3-6-14(18)13(7-11)16(23)21-20-15(22)9-24-12-4-1-10(8-19)2-5-12/h1-7H,9H2,(H,20,22)(H,21,23). The number of carbonyl (C=O) groups excluding carboxylic acids is 2. The van der Waals surface area contributed by atoms with Crippen molar-refractivity contribution < 1.29 is 14.3 Å². The predicted octanol–water partition coefficient (Wildman–Crippen LogP) is 2.81. The molecule has 0 aliphatic heterocycles. The molecule has 2 amide bonds. The molecule has 0 fully saturated rings. The minimum atomic E-state index is -0.548. The van der Waals surface area contributed by atoms with Crippen LogP contribution >= 0.6 is 27.5 Å². The van der Waals surface area contributed by atoms with Crippen LogP contribution < -0.4 is 15.6 Å². The van der Waals surface area contributed by atoms with Gasteiger partial charge in [0.2, 0.25) is 0 Å². The molecule has 0 saturated heterocycles. The van der Waals surface area contributed by atoms with E-state index in [1.807, 2.05) is 6.07 Å². The fourth-order valence-electron chi connectivity index (χ4n) is 1.68. The van der Waals surface area contributed by atoms with Crippen molar-refractivity contribution in [2.24, 2.45) is 0 Å². The largest absolute Gasteiger partial charge is 0.484 e. The highest BCUT2D eigenvalue weighted by Crippen LogP contribution is 2.20. The molecule has 0 saturated carbocycles. The molecule has 2 aromatic carbocycles. The van der Waals surface area contributed by atoms with E-state index in [1.54, 1.807) is 36.4 Å². The smallest absolute Gasteiger partial charge is 0.276 e. The average molecular weight is 409 g/mol. The first-order valence-corrected chi connectivity index (χ1v) is 7.84. The minimum Gasteiger partial charge on any atom is -0.484 e. The maximum atomic E-state index is 12.0. The summed E-state index contributed by atoms with van der Waals surface area (Å²) < 4.78 is 5.93. The molecular weight excluding hydrogens is 398 g/mol. The molecule has 0 unspecified atom stereocenters. The molecule has 0 radical (unpaired) electrons. The van der Waals surface area contributed by atoms with Crippen LogP contribution in [0.15, 0.2) is 46.9 Å². The quantitative estimate of drug-likeness (QED) is 0.761. The third-order valence-corrected chi connectivity index (χ3v) is 3.66. The van der Waals surface area contributed by atoms with Crippen molar-refractivity contribution >= 4 is 39.3 Å². The molecule has 0 heterocycles. The van der Waals surface area contributed by atoms with E-state index in [4.69, 9.17) is 21.6 Å². The van der Waals surface area contributed by atoms with E-state index in [-0.39, 0.29) is 17.2 Å². The molecule has 0 aliphatic rings. The lowest BCUT2D eigenvalue weighted by Crippen LogP contribution is -2.43. The number of nitriles is 1. The van der Waals surface area contributed by atoms with Crippen molar-refractivity contribution in [3.63, 3.8) is 0 Å². The molecule has 2 rings (SSSR count). The molecule has 2 aromatic rings. The molecule has 122 valence electrons. The van der Waals surface area contributed by atoms with Gasteiger partial charge in [0.05, 0.1) is 22.2 Å². The summed E-state index contributed by atoms with van der Waals surface area (Å²) in [6.45, 7) is -0.293. The van der Waals surface area contributed by atoms with Gasteiger partial charge in [-0.15, -0.1) is 0 Å². The summed E-state index contributed by atoms with van der Waals surface area (Å²) >= 11 is 9.17. The van der Waals surface area contributed by atoms with Crippen LogP contribution in [0.5, 0.6) is 5.75 Å². The van der Waals surface area contributed by atoms with E-state index >= 15 is 0 Å². The Morgan fingerprint density at radius 2 is 1.88 bits per heavy atom. The van der Waals surface area contributed by atoms with Crippen LogP contribution in [0, 0.1) is 11.3 Å². The molecule has 0 atom stereocenters. The van der Waals surface area contributed by atoms with E-state index in [0.29, 0.717) is 15.8 Å². The van der Waals surface area contributed by atoms with Crippen LogP contribution in [0.2, 0.25) is 5.02 Å². The molecule has 8 heteroatoms. The molecular formula is C16H11BrClN3O3. The number of hydrogen-bond acceptors (Lipinski definition) is 4. The van der Waals surface area contributed by atoms with Crippen LogP contribution in [-0.2, 0) is 4.79 Å². The van der Waals surface area contributed by atoms with Gasteiger partial charge in [-0.3, -0.25) is 20.4 Å². The summed E-state index contributed by atoms with van der Waals surface area (Å²) in [4.78, 5) is 23.6. The zero-order valence-corrected chi connectivity index (χ0v) is 14.5. The molecule has 6 nitrogen and oxygen atoms in total. The zero-order chi connectivity index (χ0) is 17.5. The van der Waals surface area contributed by atoms with Gasteiger partial charge in [-0.2, -0.15) is 5.26 Å². The number of nitrogens with zero attached hydrogens (tertiary/aromatic N) is 1. The first-order valence-electron chi connectivity index (χ1n) is 6.67. The number of nitrogens with one attached hydrogen (secondary N) is 2. The van der Waals surface area contributed by atoms with E-state index in [1.165, 1.54) is 6.07 Å². The second-order valence-electron chi connectivity index (χ2n) is 4.55. The third-order valence-electron chi connectivity index (χ3n) is 2.84. The van der Waals surface area contributed by atoms with Gasteiger partial charge in [0.1, 0.15) is 5.75 Å². The number of carbonyl (C=O) groups is 2. The number of ether oxygens (including phenoxy) is 1. The minimum absolute atomic E-state index is 0.222. The highest BCUT2D eigenvalue weighted by molar-refractivity contribution is 9.10. The maximum absolute atomic E-state index is 12.0. The second kappa shape index (κ2) is 8.34. The van der Waals surface area contributed by atoms with Crippen LogP contribution in [-0.4, -0.2) is 18.4 Å². The Morgan fingerprint density at radius 1 is 1.17 bits per heavy atom. The maximum Gasteiger partial charge on any atom is 0.276 e. The van der Waals surface area contributed by atoms with Crippen molar-refractivity contribution in [2.75, 3.05) is 6.61 Å². The Morgan fingerprint density at radius 3 is 2.54 bits per heavy atom. The number of halogens is 2. The monoisotopic (exact) mass is 407 g/mol. The molecule has 2 N–H and O–H groups in total. The summed E-state index contributed by atoms with van der Waals surface area (Å²) in [5.41, 5.74) is 5.20. The average Bonchev–Trinajstić information content (AvgIpc) is 2.60. The van der Waals surface area contributed by atoms with Gasteiger partial charge in [-0.25, -0.2) is 0 Å². The lowest BCUT2D eigenvalue weighted by Gasteiger charge is -2.10. The number of benzene rings is 2. The second-order valence-corrected chi connectivity index (χ2v) is 5.87. The van der Waals surface area contributed by atoms with Crippen molar-refractivity contribution in [3.05, 3.63) is 63.1 Å². The van der Waals surface area contributed by atoms with Gasteiger partial charge in [-0.1, -0.05) is 27.5 Å². The number of rotatable bonds is 4. The van der Waals surface area contributed by atoms with Crippen molar-refractivity contribution in [2.45, 2.75) is 0 Å². The summed E-state index contributed by atoms with van der Waals surface area (Å²) in [6.07, 6.45) is 0. The van der Waals surface area contributed by atoms with Gasteiger partial charge in [0, 0.05) is 4.47 Å². The first-order chi connectivity index (χ1) is 11.5. The molecule has 0 aliphatic carbocycles. The molecule has 0 bridgehead atoms. The van der Waals surface area contributed by atoms with Crippen molar-refractivity contribution in [1.82, 2.24) is 10.9 Å². The SMILES string of the molecule is N#Cc1ccc(OCC(=O)NNC(=O)c2cc(Br)ccc2Cl)cc1. The van der Waals surface area contributed by atoms with Crippen LogP contribution in [0.1, 0.15) is 15.9 Å². The Balaban J connectivity index is 1.83. The third kappa shape index (κ3) is 4.98. The predicted molar refractivity (Wildman–Crippen MR) is 91.4 cm³/mol. The normalized spacial score (nSPS) is 9.71. The number of amides is 2. The topological polar surface area (TPSA) is 91.2 Å². The van der Waals surface area contributed by atoms with E-state index in [2.05, 4.69) is 26.8 Å². The van der Waals surface area contributed by atoms with Crippen molar-refractivity contribution in [3.8, 4) is 11.8 Å². The molecule has 24 heavy (non-hydrogen) atoms. The molecule has 0 spiro atoms. The van der Waals surface area contributed by atoms with E-state index in [9.17, 15) is 9.59 Å². The number of hydrogen-bond donors (Lipinski definition) is 2. The summed E-state index contributed by atoms with van der Waals surface area (Å²) in [5, 5.41) is 8.95. The Kier molecular flexibility index (Phi) is 6.18. The van der Waals surface area contributed by atoms with Crippen LogP contribution in [0.25, 0.3) is 0 Å². The number of hydrazine groups is 1. The lowest BCUT2D eigenvalue weighted by atomic mass is 10.2. The van der Waals surface area contributed by atoms with E-state index < -0.39 is 11.8 Å². The van der Waals surface area contributed by atoms with Crippen molar-refractivity contribution in [1.29, 1.82) is 5.26 Å². The highest BCUT2D eigenvalue weighted by atomic mass is 79.9. The fourth-order valence-corrected chi connectivity index (χ4v) is 2.24. The fraction of sp³-hybridized carbons (Fsp3) is 0.0625. The highest BCUT2D eigenvalue weighted by Gasteiger charge is 2.12. The Hall–Kier alpha value is -2.56. The zero-order valence-electron chi connectivity index (χ0n) is 12.2. The summed E-state index contributed by atoms with van der Waals surface area (Å²) in [5.74, 6) is -0.655. The first kappa shape index (κ1) is 17.8. The lowest BCUT2D eigenvalue weighted by molar-refractivity contribution is -0.123. The molecule has 0 aromatic heterocycles. The van der Waals surface area contributed by atoms with Gasteiger partial charge >= 0.3 is 0 Å². The van der Waals surface area contributed by atoms with Gasteiger partial charge < -0.3 is 4.74 Å². The van der Waals surface area contributed by atoms with Gasteiger partial charge in [-0.05, 0) is 42.5 Å². The van der Waals surface area contributed by atoms with E-state index in [0.717, 1.165) is 0 Å². The van der Waals surface area contributed by atoms with Gasteiger partial charge in [0.15, 0.2) is 6.61 Å². The summed E-state index contributed by atoms with van der Waals surface area (Å²) in [6, 6.07) is 13.1. The Labute approximate surface area is 151 Å².